The molecular weight excluding hydrogens is 363 g/mol. The Hall–Kier alpha value is -3.75. The minimum absolute atomic E-state index is 0.0745. The van der Waals surface area contributed by atoms with Gasteiger partial charge in [0.05, 0.1) is 11.9 Å². The molecule has 1 amide bonds. The number of aryl methyl sites for hydroxylation is 1. The fourth-order valence-corrected chi connectivity index (χ4v) is 2.40. The Labute approximate surface area is 160 Å². The maximum atomic E-state index is 14.1. The second-order valence-corrected chi connectivity index (χ2v) is 5.92. The van der Waals surface area contributed by atoms with Crippen molar-refractivity contribution in [3.8, 4) is 0 Å². The molecule has 28 heavy (non-hydrogen) atoms. The monoisotopic (exact) mass is 380 g/mol. The lowest BCUT2D eigenvalue weighted by molar-refractivity contribution is -0.116. The highest BCUT2D eigenvalue weighted by Gasteiger charge is 2.20. The first-order valence-electron chi connectivity index (χ1n) is 8.40. The lowest BCUT2D eigenvalue weighted by Gasteiger charge is -2.10. The smallest absolute Gasteiger partial charge is 0.251 e. The normalized spacial score (nSPS) is 16.5. The average Bonchev–Trinajstić information content (AvgIpc) is 2.67. The van der Waals surface area contributed by atoms with Gasteiger partial charge in [-0.15, -0.1) is 0 Å². The summed E-state index contributed by atoms with van der Waals surface area (Å²) in [6, 6.07) is 3.55. The molecule has 2 heterocycles. The number of likely N-dealkylation sites (N-methyl/N-ethyl adjacent to an activating group) is 1. The standard InChI is InChI=1S/C19H17FN6O2/c1-11-6-7-22-15(8-11)25-18-13(20)10-23-19(26-18)24-14-5-3-4-12(17(14)28)9-16(27)21-2/h3-4,6-10H,5H2,1-2H3,(H,21,27)(H,22,23,25,26). The number of hydrogen-bond donors (Lipinski definition) is 2. The van der Waals surface area contributed by atoms with Gasteiger partial charge in [-0.25, -0.2) is 19.4 Å². The summed E-state index contributed by atoms with van der Waals surface area (Å²) in [7, 11) is 1.47. The Balaban J connectivity index is 1.88. The lowest BCUT2D eigenvalue weighted by atomic mass is 9.98. The minimum Gasteiger partial charge on any atom is -0.356 e. The molecular formula is C19H17FN6O2. The van der Waals surface area contributed by atoms with Gasteiger partial charge in [0.2, 0.25) is 11.7 Å². The molecule has 0 bridgehead atoms. The van der Waals surface area contributed by atoms with Crippen LogP contribution in [0.2, 0.25) is 0 Å². The van der Waals surface area contributed by atoms with Gasteiger partial charge in [-0.05, 0) is 24.6 Å². The van der Waals surface area contributed by atoms with E-state index in [-0.39, 0.29) is 29.5 Å². The number of amides is 1. The van der Waals surface area contributed by atoms with E-state index in [0.29, 0.717) is 5.82 Å². The van der Waals surface area contributed by atoms with Crippen molar-refractivity contribution in [1.82, 2.24) is 20.3 Å². The molecule has 0 unspecified atom stereocenters. The highest BCUT2D eigenvalue weighted by molar-refractivity contribution is 6.48. The Morgan fingerprint density at radius 2 is 2.18 bits per heavy atom. The molecule has 2 aromatic heterocycles. The van der Waals surface area contributed by atoms with Crippen LogP contribution in [0, 0.1) is 12.7 Å². The zero-order chi connectivity index (χ0) is 20.1. The van der Waals surface area contributed by atoms with Crippen LogP contribution in [0.1, 0.15) is 12.0 Å². The molecule has 0 aromatic carbocycles. The van der Waals surface area contributed by atoms with E-state index in [1.54, 1.807) is 24.4 Å². The van der Waals surface area contributed by atoms with Gasteiger partial charge >= 0.3 is 0 Å². The molecule has 2 N–H and O–H groups in total. The Bertz CT molecular complexity index is 1030. The first-order valence-corrected chi connectivity index (χ1v) is 8.40. The number of carbonyl (C=O) groups excluding carboxylic acids is 2. The number of anilines is 2. The topological polar surface area (TPSA) is 109 Å². The molecule has 0 aliphatic heterocycles. The largest absolute Gasteiger partial charge is 0.356 e. The Kier molecular flexibility index (Phi) is 5.64. The van der Waals surface area contributed by atoms with Gasteiger partial charge in [0.25, 0.3) is 5.95 Å². The average molecular weight is 380 g/mol. The van der Waals surface area contributed by atoms with Crippen LogP contribution in [0.15, 0.2) is 53.3 Å². The molecule has 0 atom stereocenters. The summed E-state index contributed by atoms with van der Waals surface area (Å²) in [5.74, 6) is -1.24. The number of halogens is 1. The van der Waals surface area contributed by atoms with Crippen LogP contribution in [0.25, 0.3) is 0 Å². The molecule has 0 fully saturated rings. The Morgan fingerprint density at radius 1 is 1.36 bits per heavy atom. The van der Waals surface area contributed by atoms with E-state index in [1.165, 1.54) is 13.1 Å². The Morgan fingerprint density at radius 3 is 2.93 bits per heavy atom. The van der Waals surface area contributed by atoms with E-state index in [9.17, 15) is 14.0 Å². The van der Waals surface area contributed by atoms with Crippen molar-refractivity contribution in [3.63, 3.8) is 0 Å². The third-order valence-corrected chi connectivity index (χ3v) is 3.79. The van der Waals surface area contributed by atoms with E-state index in [0.717, 1.165) is 11.8 Å². The summed E-state index contributed by atoms with van der Waals surface area (Å²) >= 11 is 0. The third kappa shape index (κ3) is 4.50. The maximum Gasteiger partial charge on any atom is 0.251 e. The van der Waals surface area contributed by atoms with Crippen molar-refractivity contribution >= 4 is 35.0 Å². The fraction of sp³-hybridized carbons (Fsp3) is 0.158. The molecule has 3 rings (SSSR count). The van der Waals surface area contributed by atoms with Gasteiger partial charge < -0.3 is 10.6 Å². The fourth-order valence-electron chi connectivity index (χ4n) is 2.40. The van der Waals surface area contributed by atoms with Gasteiger partial charge in [0.1, 0.15) is 5.82 Å². The summed E-state index contributed by atoms with van der Waals surface area (Å²) < 4.78 is 14.1. The van der Waals surface area contributed by atoms with Crippen LogP contribution in [0.3, 0.4) is 0 Å². The summed E-state index contributed by atoms with van der Waals surface area (Å²) in [5, 5.41) is 5.19. The number of aromatic nitrogens is 3. The van der Waals surface area contributed by atoms with E-state index in [1.807, 2.05) is 13.0 Å². The molecule has 0 spiro atoms. The zero-order valence-electron chi connectivity index (χ0n) is 15.2. The van der Waals surface area contributed by atoms with Gasteiger partial charge in [0, 0.05) is 31.3 Å². The van der Waals surface area contributed by atoms with Gasteiger partial charge in [0.15, 0.2) is 11.6 Å². The van der Waals surface area contributed by atoms with E-state index >= 15 is 0 Å². The van der Waals surface area contributed by atoms with Crippen LogP contribution in [-0.2, 0) is 9.59 Å². The number of allylic oxidation sites excluding steroid dienone is 3. The molecule has 0 radical (unpaired) electrons. The van der Waals surface area contributed by atoms with E-state index < -0.39 is 17.5 Å². The number of ketones is 1. The van der Waals surface area contributed by atoms with Gasteiger partial charge in [-0.3, -0.25) is 9.59 Å². The molecule has 8 nitrogen and oxygen atoms in total. The number of carbonyl (C=O) groups is 2. The van der Waals surface area contributed by atoms with E-state index in [4.69, 9.17) is 0 Å². The molecule has 1 aliphatic carbocycles. The number of aliphatic imine (C=N–C) groups is 1. The quantitative estimate of drug-likeness (QED) is 0.788. The number of hydrogen-bond acceptors (Lipinski definition) is 7. The van der Waals surface area contributed by atoms with Crippen molar-refractivity contribution in [2.75, 3.05) is 12.4 Å². The predicted octanol–water partition coefficient (Wildman–Crippen LogP) is 2.34. The van der Waals surface area contributed by atoms with Crippen molar-refractivity contribution < 1.29 is 14.0 Å². The SMILES string of the molecule is CNC(=O)C=C1C=CCC(=Nc2ncc(F)c(Nc3cc(C)ccn3)n2)C1=O. The number of Topliss-reactive ketones (excluding diaryl/α,β-unsaturated/α-hetero) is 1. The summed E-state index contributed by atoms with van der Waals surface area (Å²) in [5.41, 5.74) is 1.31. The van der Waals surface area contributed by atoms with Crippen molar-refractivity contribution in [2.24, 2.45) is 4.99 Å². The lowest BCUT2D eigenvalue weighted by Crippen LogP contribution is -2.22. The van der Waals surface area contributed by atoms with Gasteiger partial charge in [-0.1, -0.05) is 12.2 Å². The number of nitrogens with one attached hydrogen (secondary N) is 2. The maximum absolute atomic E-state index is 14.1. The van der Waals surface area contributed by atoms with Crippen LogP contribution in [-0.4, -0.2) is 39.4 Å². The summed E-state index contributed by atoms with van der Waals surface area (Å²) in [6.07, 6.45) is 7.26. The highest BCUT2D eigenvalue weighted by Crippen LogP contribution is 2.20. The molecule has 0 saturated carbocycles. The molecule has 2 aromatic rings. The summed E-state index contributed by atoms with van der Waals surface area (Å²) in [6.45, 7) is 1.88. The number of pyridine rings is 1. The number of nitrogens with zero attached hydrogens (tertiary/aromatic N) is 4. The molecule has 1 aliphatic rings. The van der Waals surface area contributed by atoms with Gasteiger partial charge in [-0.2, -0.15) is 4.98 Å². The number of rotatable bonds is 4. The minimum atomic E-state index is -0.678. The first kappa shape index (κ1) is 19.0. The van der Waals surface area contributed by atoms with Crippen molar-refractivity contribution in [1.29, 1.82) is 0 Å². The van der Waals surface area contributed by atoms with Crippen LogP contribution < -0.4 is 10.6 Å². The van der Waals surface area contributed by atoms with Crippen LogP contribution >= 0.6 is 0 Å². The first-order chi connectivity index (χ1) is 13.5. The van der Waals surface area contributed by atoms with E-state index in [2.05, 4.69) is 30.6 Å². The highest BCUT2D eigenvalue weighted by atomic mass is 19.1. The van der Waals surface area contributed by atoms with Crippen LogP contribution in [0.4, 0.5) is 22.0 Å². The molecule has 9 heteroatoms. The zero-order valence-corrected chi connectivity index (χ0v) is 15.2. The second-order valence-electron chi connectivity index (χ2n) is 5.92. The second kappa shape index (κ2) is 8.30. The predicted molar refractivity (Wildman–Crippen MR) is 102 cm³/mol. The third-order valence-electron chi connectivity index (χ3n) is 3.79. The van der Waals surface area contributed by atoms with Crippen molar-refractivity contribution in [3.05, 3.63) is 59.7 Å². The van der Waals surface area contributed by atoms with Crippen LogP contribution in [0.5, 0.6) is 0 Å². The molecule has 0 saturated heterocycles. The molecule has 142 valence electrons. The summed E-state index contributed by atoms with van der Waals surface area (Å²) in [4.78, 5) is 40.0. The van der Waals surface area contributed by atoms with Crippen molar-refractivity contribution in [2.45, 2.75) is 13.3 Å².